The third-order valence-corrected chi connectivity index (χ3v) is 5.94. The summed E-state index contributed by atoms with van der Waals surface area (Å²) in [5, 5.41) is 13.2. The fourth-order valence-corrected chi connectivity index (χ4v) is 3.64. The average molecular weight is 466 g/mol. The molecule has 2 aromatic rings. The maximum absolute atomic E-state index is 13.1. The summed E-state index contributed by atoms with van der Waals surface area (Å²) in [6.07, 6.45) is -0.224. The molecule has 0 saturated heterocycles. The molecule has 176 valence electrons. The molecule has 32 heavy (non-hydrogen) atoms. The minimum Gasteiger partial charge on any atom is -0.395 e. The Hall–Kier alpha value is -2.19. The van der Waals surface area contributed by atoms with E-state index in [2.05, 4.69) is 17.1 Å². The van der Waals surface area contributed by atoms with Crippen molar-refractivity contribution < 1.29 is 19.0 Å². The molecule has 0 spiro atoms. The summed E-state index contributed by atoms with van der Waals surface area (Å²) in [4.78, 5) is 16.2. The quantitative estimate of drug-likeness (QED) is 0.513. The van der Waals surface area contributed by atoms with Gasteiger partial charge in [0.05, 0.1) is 12.7 Å². The summed E-state index contributed by atoms with van der Waals surface area (Å²) in [7, 11) is 3.32. The van der Waals surface area contributed by atoms with E-state index >= 15 is 0 Å². The largest absolute Gasteiger partial charge is 0.395 e. The van der Waals surface area contributed by atoms with Crippen LogP contribution >= 0.6 is 11.6 Å². The van der Waals surface area contributed by atoms with Gasteiger partial charge in [-0.15, -0.1) is 0 Å². The maximum Gasteiger partial charge on any atom is 0.321 e. The van der Waals surface area contributed by atoms with E-state index < -0.39 is 0 Å². The first kappa shape index (κ1) is 26.1. The third-order valence-electron chi connectivity index (χ3n) is 5.57. The van der Waals surface area contributed by atoms with Crippen molar-refractivity contribution in [2.24, 2.45) is 5.92 Å². The van der Waals surface area contributed by atoms with E-state index in [0.29, 0.717) is 30.3 Å². The zero-order valence-electron chi connectivity index (χ0n) is 19.1. The smallest absolute Gasteiger partial charge is 0.321 e. The van der Waals surface area contributed by atoms with Crippen molar-refractivity contribution in [3.8, 4) is 0 Å². The molecular weight excluding hydrogens is 433 g/mol. The molecule has 0 aliphatic heterocycles. The van der Waals surface area contributed by atoms with Crippen LogP contribution in [0.2, 0.25) is 5.02 Å². The highest BCUT2D eigenvalue weighted by Crippen LogP contribution is 2.21. The average Bonchev–Trinajstić information content (AvgIpc) is 2.78. The molecule has 8 heteroatoms. The van der Waals surface area contributed by atoms with Gasteiger partial charge < -0.3 is 20.1 Å². The number of nitrogens with zero attached hydrogens (tertiary/aromatic N) is 2. The van der Waals surface area contributed by atoms with E-state index in [-0.39, 0.29) is 36.5 Å². The zero-order chi connectivity index (χ0) is 23.7. The number of amides is 2. The van der Waals surface area contributed by atoms with E-state index in [1.165, 1.54) is 24.3 Å². The summed E-state index contributed by atoms with van der Waals surface area (Å²) in [6.45, 7) is 5.67. The minimum atomic E-state index is -0.358. The lowest BCUT2D eigenvalue weighted by molar-refractivity contribution is 0.0154. The van der Waals surface area contributed by atoms with Crippen LogP contribution in [0.3, 0.4) is 0 Å². The van der Waals surface area contributed by atoms with Crippen LogP contribution in [-0.2, 0) is 11.3 Å². The van der Waals surface area contributed by atoms with Crippen LogP contribution in [0.5, 0.6) is 0 Å². The molecule has 0 bridgehead atoms. The van der Waals surface area contributed by atoms with Crippen molar-refractivity contribution in [3.63, 3.8) is 0 Å². The Morgan fingerprint density at radius 2 is 1.81 bits per heavy atom. The molecule has 0 unspecified atom stereocenters. The molecule has 6 nitrogen and oxygen atoms in total. The second-order valence-corrected chi connectivity index (χ2v) is 8.53. The highest BCUT2D eigenvalue weighted by molar-refractivity contribution is 6.31. The summed E-state index contributed by atoms with van der Waals surface area (Å²) >= 11 is 6.34. The molecule has 0 aliphatic carbocycles. The van der Waals surface area contributed by atoms with Crippen molar-refractivity contribution >= 4 is 23.3 Å². The van der Waals surface area contributed by atoms with Gasteiger partial charge in [0.1, 0.15) is 5.82 Å². The number of hydrogen-bond acceptors (Lipinski definition) is 4. The van der Waals surface area contributed by atoms with Gasteiger partial charge in [-0.1, -0.05) is 36.7 Å². The predicted molar refractivity (Wildman–Crippen MR) is 126 cm³/mol. The Labute approximate surface area is 194 Å². The molecule has 2 amide bonds. The Balaban J connectivity index is 2.00. The van der Waals surface area contributed by atoms with Gasteiger partial charge in [0.25, 0.3) is 0 Å². The molecule has 3 atom stereocenters. The van der Waals surface area contributed by atoms with Crippen LogP contribution in [0.4, 0.5) is 14.9 Å². The predicted octanol–water partition coefficient (Wildman–Crippen LogP) is 4.48. The molecule has 2 N–H and O–H groups in total. The van der Waals surface area contributed by atoms with Crippen molar-refractivity contribution in [2.75, 3.05) is 39.2 Å². The monoisotopic (exact) mass is 465 g/mol. The second-order valence-electron chi connectivity index (χ2n) is 8.12. The van der Waals surface area contributed by atoms with E-state index in [4.69, 9.17) is 16.3 Å². The number of methoxy groups -OCH3 is 1. The minimum absolute atomic E-state index is 0.0226. The molecule has 2 aromatic carbocycles. The van der Waals surface area contributed by atoms with Crippen molar-refractivity contribution in [1.82, 2.24) is 9.80 Å². The van der Waals surface area contributed by atoms with Crippen LogP contribution in [0.15, 0.2) is 48.5 Å². The normalized spacial score (nSPS) is 14.1. The molecule has 0 saturated carbocycles. The van der Waals surface area contributed by atoms with Gasteiger partial charge in [0, 0.05) is 50.5 Å². The van der Waals surface area contributed by atoms with Gasteiger partial charge in [-0.2, -0.15) is 0 Å². The van der Waals surface area contributed by atoms with Crippen LogP contribution in [-0.4, -0.2) is 66.9 Å². The molecule has 2 rings (SSSR count). The number of carbonyl (C=O) groups excluding carboxylic acids is 1. The Bertz CT molecular complexity index is 853. The third kappa shape index (κ3) is 7.74. The Kier molecular flexibility index (Phi) is 10.4. The lowest BCUT2D eigenvalue weighted by atomic mass is 10.0. The molecule has 0 aromatic heterocycles. The Morgan fingerprint density at radius 1 is 1.16 bits per heavy atom. The lowest BCUT2D eigenvalue weighted by Crippen LogP contribution is -2.45. The summed E-state index contributed by atoms with van der Waals surface area (Å²) in [6, 6.07) is 12.9. The first-order chi connectivity index (χ1) is 15.2. The lowest BCUT2D eigenvalue weighted by Gasteiger charge is -2.34. The number of likely N-dealkylation sites (N-methyl/N-ethyl adjacent to an activating group) is 1. The van der Waals surface area contributed by atoms with Gasteiger partial charge in [-0.25, -0.2) is 9.18 Å². The van der Waals surface area contributed by atoms with E-state index in [0.717, 1.165) is 5.56 Å². The molecular formula is C24H33ClFN3O3. The SMILES string of the molecule is CO[C@H](CN(C)C(=O)Nc1ccc(F)cc1)[C@H](C)CN(Cc1ccccc1Cl)[C@@H](C)CO. The molecule has 0 radical (unpaired) electrons. The number of carbonyl (C=O) groups is 1. The van der Waals surface area contributed by atoms with Crippen LogP contribution in [0.1, 0.15) is 19.4 Å². The standard InChI is InChI=1S/C24H33ClFN3O3/c1-17(13-29(18(2)16-30)14-19-7-5-6-8-22(19)25)23(32-4)15-28(3)24(31)27-21-11-9-20(26)10-12-21/h5-12,17-18,23,30H,13-16H2,1-4H3,(H,27,31)/t17-,18+,23-/m1/s1. The highest BCUT2D eigenvalue weighted by atomic mass is 35.5. The zero-order valence-corrected chi connectivity index (χ0v) is 19.8. The molecule has 0 fully saturated rings. The summed E-state index contributed by atoms with van der Waals surface area (Å²) < 4.78 is 18.8. The first-order valence-electron chi connectivity index (χ1n) is 10.6. The van der Waals surface area contributed by atoms with E-state index in [1.54, 1.807) is 19.1 Å². The number of hydrogen-bond donors (Lipinski definition) is 2. The van der Waals surface area contributed by atoms with Gasteiger partial charge >= 0.3 is 6.03 Å². The molecule has 0 aliphatic rings. The summed E-state index contributed by atoms with van der Waals surface area (Å²) in [5.41, 5.74) is 1.51. The maximum atomic E-state index is 13.1. The number of urea groups is 1. The first-order valence-corrected chi connectivity index (χ1v) is 11.0. The topological polar surface area (TPSA) is 65.0 Å². The van der Waals surface area contributed by atoms with E-state index in [9.17, 15) is 14.3 Å². The van der Waals surface area contributed by atoms with Gasteiger partial charge in [0.15, 0.2) is 0 Å². The van der Waals surface area contributed by atoms with E-state index in [1.807, 2.05) is 31.2 Å². The fourth-order valence-electron chi connectivity index (χ4n) is 3.44. The molecule has 0 heterocycles. The van der Waals surface area contributed by atoms with Crippen molar-refractivity contribution in [1.29, 1.82) is 0 Å². The van der Waals surface area contributed by atoms with Crippen LogP contribution < -0.4 is 5.32 Å². The number of aliphatic hydroxyl groups is 1. The number of aliphatic hydroxyl groups excluding tert-OH is 1. The number of ether oxygens (including phenoxy) is 1. The number of anilines is 1. The van der Waals surface area contributed by atoms with Gasteiger partial charge in [-0.3, -0.25) is 4.90 Å². The number of halogens is 2. The number of rotatable bonds is 11. The second kappa shape index (κ2) is 12.7. The Morgan fingerprint density at radius 3 is 2.41 bits per heavy atom. The van der Waals surface area contributed by atoms with Crippen LogP contribution in [0.25, 0.3) is 0 Å². The summed E-state index contributed by atoms with van der Waals surface area (Å²) in [5.74, 6) is -0.291. The van der Waals surface area contributed by atoms with Gasteiger partial charge in [-0.05, 0) is 48.7 Å². The van der Waals surface area contributed by atoms with Gasteiger partial charge in [0.2, 0.25) is 0 Å². The van der Waals surface area contributed by atoms with Crippen molar-refractivity contribution in [2.45, 2.75) is 32.5 Å². The van der Waals surface area contributed by atoms with Crippen molar-refractivity contribution in [3.05, 3.63) is 64.9 Å². The fraction of sp³-hybridized carbons (Fsp3) is 0.458. The van der Waals surface area contributed by atoms with Crippen LogP contribution in [0, 0.1) is 11.7 Å². The number of benzene rings is 2. The highest BCUT2D eigenvalue weighted by Gasteiger charge is 2.25. The number of nitrogens with one attached hydrogen (secondary N) is 1.